The molecule has 0 saturated heterocycles. The van der Waals surface area contributed by atoms with E-state index in [-0.39, 0.29) is 17.8 Å². The SMILES string of the molecule is COC(=O)C1=CC(c2ccccc2O)NCC1. The van der Waals surface area contributed by atoms with Gasteiger partial charge in [-0.05, 0) is 12.5 Å². The zero-order valence-electron chi connectivity index (χ0n) is 9.64. The minimum absolute atomic E-state index is 0.140. The molecule has 4 nitrogen and oxygen atoms in total. The smallest absolute Gasteiger partial charge is 0.333 e. The van der Waals surface area contributed by atoms with E-state index in [2.05, 4.69) is 5.32 Å². The Hall–Kier alpha value is -1.81. The Kier molecular flexibility index (Phi) is 3.44. The van der Waals surface area contributed by atoms with Gasteiger partial charge in [0.25, 0.3) is 0 Å². The fraction of sp³-hybridized carbons (Fsp3) is 0.308. The third-order valence-electron chi connectivity index (χ3n) is 2.85. The van der Waals surface area contributed by atoms with E-state index in [0.717, 1.165) is 5.56 Å². The van der Waals surface area contributed by atoms with Crippen molar-refractivity contribution in [2.75, 3.05) is 13.7 Å². The summed E-state index contributed by atoms with van der Waals surface area (Å²) < 4.78 is 4.71. The van der Waals surface area contributed by atoms with Crippen molar-refractivity contribution >= 4 is 5.97 Å². The van der Waals surface area contributed by atoms with Gasteiger partial charge in [0, 0.05) is 17.7 Å². The van der Waals surface area contributed by atoms with Gasteiger partial charge in [-0.3, -0.25) is 0 Å². The van der Waals surface area contributed by atoms with Gasteiger partial charge >= 0.3 is 5.97 Å². The normalized spacial score (nSPS) is 19.6. The van der Waals surface area contributed by atoms with E-state index in [4.69, 9.17) is 4.74 Å². The molecule has 4 heteroatoms. The zero-order chi connectivity index (χ0) is 12.3. The second-order valence-electron chi connectivity index (χ2n) is 3.92. The van der Waals surface area contributed by atoms with Crippen molar-refractivity contribution in [1.29, 1.82) is 0 Å². The molecule has 1 unspecified atom stereocenters. The zero-order valence-corrected chi connectivity index (χ0v) is 9.64. The van der Waals surface area contributed by atoms with E-state index < -0.39 is 0 Å². The van der Waals surface area contributed by atoms with Crippen LogP contribution < -0.4 is 5.32 Å². The summed E-state index contributed by atoms with van der Waals surface area (Å²) >= 11 is 0. The van der Waals surface area contributed by atoms with Gasteiger partial charge in [-0.1, -0.05) is 24.3 Å². The van der Waals surface area contributed by atoms with E-state index in [9.17, 15) is 9.90 Å². The van der Waals surface area contributed by atoms with Gasteiger partial charge in [-0.25, -0.2) is 4.79 Å². The molecule has 90 valence electrons. The van der Waals surface area contributed by atoms with E-state index in [0.29, 0.717) is 18.5 Å². The third-order valence-corrected chi connectivity index (χ3v) is 2.85. The van der Waals surface area contributed by atoms with Crippen molar-refractivity contribution in [3.05, 3.63) is 41.5 Å². The highest BCUT2D eigenvalue weighted by molar-refractivity contribution is 5.88. The highest BCUT2D eigenvalue weighted by Gasteiger charge is 2.20. The molecule has 0 spiro atoms. The van der Waals surface area contributed by atoms with Crippen molar-refractivity contribution in [1.82, 2.24) is 5.32 Å². The van der Waals surface area contributed by atoms with Gasteiger partial charge in [-0.15, -0.1) is 0 Å². The highest BCUT2D eigenvalue weighted by Crippen LogP contribution is 2.28. The summed E-state index contributed by atoms with van der Waals surface area (Å²) in [5.41, 5.74) is 1.42. The summed E-state index contributed by atoms with van der Waals surface area (Å²) in [5.74, 6) is -0.0701. The van der Waals surface area contributed by atoms with Crippen molar-refractivity contribution in [3.8, 4) is 5.75 Å². The lowest BCUT2D eigenvalue weighted by molar-refractivity contribution is -0.136. The van der Waals surface area contributed by atoms with Crippen molar-refractivity contribution in [3.63, 3.8) is 0 Å². The molecule has 1 aromatic rings. The second-order valence-corrected chi connectivity index (χ2v) is 3.92. The van der Waals surface area contributed by atoms with Crippen LogP contribution in [0.4, 0.5) is 0 Å². The summed E-state index contributed by atoms with van der Waals surface area (Å²) in [6, 6.07) is 6.96. The number of esters is 1. The molecule has 2 rings (SSSR count). The maximum absolute atomic E-state index is 11.4. The molecule has 0 radical (unpaired) electrons. The Balaban J connectivity index is 2.28. The molecule has 0 bridgehead atoms. The van der Waals surface area contributed by atoms with Gasteiger partial charge in [-0.2, -0.15) is 0 Å². The maximum Gasteiger partial charge on any atom is 0.333 e. The van der Waals surface area contributed by atoms with Crippen molar-refractivity contribution in [2.45, 2.75) is 12.5 Å². The first kappa shape index (κ1) is 11.7. The molecule has 1 aromatic carbocycles. The number of carbonyl (C=O) groups is 1. The van der Waals surface area contributed by atoms with Gasteiger partial charge < -0.3 is 15.2 Å². The Morgan fingerprint density at radius 2 is 2.24 bits per heavy atom. The van der Waals surface area contributed by atoms with Crippen LogP contribution in [-0.2, 0) is 9.53 Å². The Morgan fingerprint density at radius 1 is 1.47 bits per heavy atom. The van der Waals surface area contributed by atoms with Crippen LogP contribution in [0.1, 0.15) is 18.0 Å². The van der Waals surface area contributed by atoms with Gasteiger partial charge in [0.05, 0.1) is 13.2 Å². The fourth-order valence-corrected chi connectivity index (χ4v) is 1.96. The Labute approximate surface area is 99.9 Å². The van der Waals surface area contributed by atoms with Crippen LogP contribution in [-0.4, -0.2) is 24.7 Å². The van der Waals surface area contributed by atoms with Gasteiger partial charge in [0.1, 0.15) is 5.75 Å². The van der Waals surface area contributed by atoms with Gasteiger partial charge in [0.15, 0.2) is 0 Å². The molecule has 1 aliphatic heterocycles. The third kappa shape index (κ3) is 2.47. The summed E-state index contributed by atoms with van der Waals surface area (Å²) in [6.45, 7) is 0.694. The van der Waals surface area contributed by atoms with Crippen molar-refractivity contribution < 1.29 is 14.6 Å². The Morgan fingerprint density at radius 3 is 2.94 bits per heavy atom. The lowest BCUT2D eigenvalue weighted by atomic mass is 9.98. The minimum atomic E-state index is -0.299. The molecule has 0 saturated carbocycles. The fourth-order valence-electron chi connectivity index (χ4n) is 1.96. The molecule has 0 fully saturated rings. The van der Waals surface area contributed by atoms with Crippen LogP contribution >= 0.6 is 0 Å². The molecule has 0 amide bonds. The molecular formula is C13H15NO3. The molecule has 0 aliphatic carbocycles. The summed E-state index contributed by atoms with van der Waals surface area (Å²) in [5, 5.41) is 13.0. The predicted octanol–water partition coefficient (Wildman–Crippen LogP) is 1.53. The number of hydrogen-bond donors (Lipinski definition) is 2. The molecule has 17 heavy (non-hydrogen) atoms. The number of methoxy groups -OCH3 is 1. The topological polar surface area (TPSA) is 58.6 Å². The number of phenolic OH excluding ortho intramolecular Hbond substituents is 1. The van der Waals surface area contributed by atoms with E-state index >= 15 is 0 Å². The van der Waals surface area contributed by atoms with Crippen LogP contribution in [0, 0.1) is 0 Å². The first-order valence-corrected chi connectivity index (χ1v) is 5.52. The largest absolute Gasteiger partial charge is 0.508 e. The van der Waals surface area contributed by atoms with Crippen LogP contribution in [0.15, 0.2) is 35.9 Å². The lowest BCUT2D eigenvalue weighted by Gasteiger charge is -2.22. The average Bonchev–Trinajstić information content (AvgIpc) is 2.38. The van der Waals surface area contributed by atoms with Crippen molar-refractivity contribution in [2.24, 2.45) is 0 Å². The molecule has 1 atom stereocenters. The summed E-state index contributed by atoms with van der Waals surface area (Å²) in [6.07, 6.45) is 2.46. The number of para-hydroxylation sites is 1. The summed E-state index contributed by atoms with van der Waals surface area (Å²) in [7, 11) is 1.38. The number of nitrogens with one attached hydrogen (secondary N) is 1. The lowest BCUT2D eigenvalue weighted by Crippen LogP contribution is -2.28. The molecule has 2 N–H and O–H groups in total. The molecule has 1 heterocycles. The molecular weight excluding hydrogens is 218 g/mol. The van der Waals surface area contributed by atoms with E-state index in [1.807, 2.05) is 18.2 Å². The van der Waals surface area contributed by atoms with E-state index in [1.165, 1.54) is 7.11 Å². The number of benzene rings is 1. The minimum Gasteiger partial charge on any atom is -0.508 e. The number of carbonyl (C=O) groups excluding carboxylic acids is 1. The molecule has 0 aromatic heterocycles. The summed E-state index contributed by atoms with van der Waals surface area (Å²) in [4.78, 5) is 11.4. The second kappa shape index (κ2) is 5.01. The quantitative estimate of drug-likeness (QED) is 0.760. The predicted molar refractivity (Wildman–Crippen MR) is 63.6 cm³/mol. The first-order chi connectivity index (χ1) is 8.22. The number of hydrogen-bond acceptors (Lipinski definition) is 4. The monoisotopic (exact) mass is 233 g/mol. The van der Waals surface area contributed by atoms with Crippen LogP contribution in [0.25, 0.3) is 0 Å². The van der Waals surface area contributed by atoms with Crippen LogP contribution in [0.2, 0.25) is 0 Å². The Bertz CT molecular complexity index is 454. The van der Waals surface area contributed by atoms with Crippen LogP contribution in [0.5, 0.6) is 5.75 Å². The molecule has 1 aliphatic rings. The number of phenols is 1. The number of aromatic hydroxyl groups is 1. The first-order valence-electron chi connectivity index (χ1n) is 5.52. The average molecular weight is 233 g/mol. The van der Waals surface area contributed by atoms with E-state index in [1.54, 1.807) is 12.1 Å². The number of ether oxygens (including phenoxy) is 1. The maximum atomic E-state index is 11.4. The standard InChI is InChI=1S/C13H15NO3/c1-17-13(16)9-6-7-14-11(8-9)10-4-2-3-5-12(10)15/h2-5,8,11,14-15H,6-7H2,1H3. The number of rotatable bonds is 2. The van der Waals surface area contributed by atoms with Gasteiger partial charge in [0.2, 0.25) is 0 Å². The highest BCUT2D eigenvalue weighted by atomic mass is 16.5. The van der Waals surface area contributed by atoms with Crippen LogP contribution in [0.3, 0.4) is 0 Å².